The van der Waals surface area contributed by atoms with Crippen LogP contribution >= 0.6 is 0 Å². The average molecular weight is 311 g/mol. The lowest BCUT2D eigenvalue weighted by molar-refractivity contribution is 0.268. The highest BCUT2D eigenvalue weighted by atomic mass is 16.5. The topological polar surface area (TPSA) is 30.5 Å². The smallest absolute Gasteiger partial charge is 0.161 e. The number of ether oxygens (including phenoxy) is 2. The molecule has 0 atom stereocenters. The van der Waals surface area contributed by atoms with E-state index in [4.69, 9.17) is 9.47 Å². The number of hydrogen-bond acceptors (Lipinski definition) is 3. The van der Waals surface area contributed by atoms with Crippen LogP contribution in [0, 0.1) is 0 Å². The van der Waals surface area contributed by atoms with Crippen molar-refractivity contribution in [3.8, 4) is 11.5 Å². The normalized spacial score (nSPS) is 14.3. The Morgan fingerprint density at radius 1 is 0.913 bits per heavy atom. The van der Waals surface area contributed by atoms with Crippen molar-refractivity contribution in [3.63, 3.8) is 0 Å². The molecule has 1 aliphatic rings. The summed E-state index contributed by atoms with van der Waals surface area (Å²) in [4.78, 5) is 0. The van der Waals surface area contributed by atoms with Crippen molar-refractivity contribution in [2.45, 2.75) is 32.8 Å². The Morgan fingerprint density at radius 3 is 2.26 bits per heavy atom. The van der Waals surface area contributed by atoms with Gasteiger partial charge in [0.2, 0.25) is 0 Å². The van der Waals surface area contributed by atoms with Crippen LogP contribution in [0.5, 0.6) is 11.5 Å². The van der Waals surface area contributed by atoms with Crippen molar-refractivity contribution in [1.29, 1.82) is 0 Å². The summed E-state index contributed by atoms with van der Waals surface area (Å²) in [6, 6.07) is 14.9. The van der Waals surface area contributed by atoms with Crippen molar-refractivity contribution in [1.82, 2.24) is 5.32 Å². The highest BCUT2D eigenvalue weighted by molar-refractivity contribution is 5.44. The second kappa shape index (κ2) is 7.51. The van der Waals surface area contributed by atoms with E-state index in [1.54, 1.807) is 0 Å². The van der Waals surface area contributed by atoms with Crippen molar-refractivity contribution in [2.24, 2.45) is 0 Å². The van der Waals surface area contributed by atoms with E-state index in [9.17, 15) is 0 Å². The molecule has 2 aromatic rings. The van der Waals surface area contributed by atoms with E-state index in [-0.39, 0.29) is 0 Å². The van der Waals surface area contributed by atoms with Gasteiger partial charge in [0, 0.05) is 19.0 Å². The third-order valence-electron chi connectivity index (χ3n) is 4.35. The molecule has 2 aromatic carbocycles. The molecule has 0 amide bonds. The molecule has 0 bridgehead atoms. The van der Waals surface area contributed by atoms with Crippen LogP contribution in [0.2, 0.25) is 0 Å². The van der Waals surface area contributed by atoms with E-state index in [1.165, 1.54) is 16.7 Å². The van der Waals surface area contributed by atoms with E-state index < -0.39 is 0 Å². The first-order valence-electron chi connectivity index (χ1n) is 8.48. The summed E-state index contributed by atoms with van der Waals surface area (Å²) in [7, 11) is 0. The Labute approximate surface area is 138 Å². The summed E-state index contributed by atoms with van der Waals surface area (Å²) in [5.74, 6) is 2.27. The Bertz CT molecular complexity index is 633. The SMILES string of the molecule is CCOc1cc(C2CNC2)ccc1OCc1ccc(CC)cc1. The molecule has 0 radical (unpaired) electrons. The fourth-order valence-electron chi connectivity index (χ4n) is 2.72. The number of rotatable bonds is 7. The zero-order valence-corrected chi connectivity index (χ0v) is 14.0. The lowest BCUT2D eigenvalue weighted by Gasteiger charge is -2.28. The Hall–Kier alpha value is -2.00. The van der Waals surface area contributed by atoms with E-state index in [0.717, 1.165) is 31.0 Å². The molecular formula is C20H25NO2. The molecule has 0 aromatic heterocycles. The maximum atomic E-state index is 6.00. The first-order valence-corrected chi connectivity index (χ1v) is 8.48. The molecule has 0 spiro atoms. The third-order valence-corrected chi connectivity index (χ3v) is 4.35. The quantitative estimate of drug-likeness (QED) is 0.841. The van der Waals surface area contributed by atoms with Gasteiger partial charge in [-0.15, -0.1) is 0 Å². The first kappa shape index (κ1) is 15.9. The number of hydrogen-bond donors (Lipinski definition) is 1. The molecule has 122 valence electrons. The highest BCUT2D eigenvalue weighted by Gasteiger charge is 2.20. The lowest BCUT2D eigenvalue weighted by atomic mass is 9.93. The van der Waals surface area contributed by atoms with Gasteiger partial charge in [-0.05, 0) is 42.2 Å². The van der Waals surface area contributed by atoms with Gasteiger partial charge in [-0.3, -0.25) is 0 Å². The number of nitrogens with one attached hydrogen (secondary N) is 1. The number of benzene rings is 2. The summed E-state index contributed by atoms with van der Waals surface area (Å²) in [6.45, 7) is 7.48. The van der Waals surface area contributed by atoms with Gasteiger partial charge >= 0.3 is 0 Å². The van der Waals surface area contributed by atoms with E-state index in [0.29, 0.717) is 19.1 Å². The highest BCUT2D eigenvalue weighted by Crippen LogP contribution is 2.33. The van der Waals surface area contributed by atoms with E-state index in [2.05, 4.69) is 48.6 Å². The van der Waals surface area contributed by atoms with Crippen molar-refractivity contribution < 1.29 is 9.47 Å². The second-order valence-corrected chi connectivity index (χ2v) is 5.95. The standard InChI is InChI=1S/C20H25NO2/c1-3-15-5-7-16(8-6-15)14-23-19-10-9-17(18-12-21-13-18)11-20(19)22-4-2/h5-11,18,21H,3-4,12-14H2,1-2H3. The van der Waals surface area contributed by atoms with Gasteiger partial charge in [-0.2, -0.15) is 0 Å². The molecule has 0 saturated carbocycles. The average Bonchev–Trinajstić information content (AvgIpc) is 2.53. The maximum Gasteiger partial charge on any atom is 0.161 e. The van der Waals surface area contributed by atoms with E-state index >= 15 is 0 Å². The van der Waals surface area contributed by atoms with Crippen molar-refractivity contribution in [2.75, 3.05) is 19.7 Å². The zero-order valence-electron chi connectivity index (χ0n) is 14.0. The van der Waals surface area contributed by atoms with E-state index in [1.807, 2.05) is 13.0 Å². The fourth-order valence-corrected chi connectivity index (χ4v) is 2.72. The molecule has 3 heteroatoms. The minimum atomic E-state index is 0.564. The molecule has 0 aliphatic carbocycles. The monoisotopic (exact) mass is 311 g/mol. The minimum absolute atomic E-state index is 0.564. The molecule has 3 nitrogen and oxygen atoms in total. The third kappa shape index (κ3) is 3.85. The van der Waals surface area contributed by atoms with Gasteiger partial charge in [-0.25, -0.2) is 0 Å². The lowest BCUT2D eigenvalue weighted by Crippen LogP contribution is -2.39. The summed E-state index contributed by atoms with van der Waals surface area (Å²) >= 11 is 0. The molecule has 1 saturated heterocycles. The molecule has 0 unspecified atom stereocenters. The largest absolute Gasteiger partial charge is 0.490 e. The molecule has 1 fully saturated rings. The van der Waals surface area contributed by atoms with Crippen LogP contribution < -0.4 is 14.8 Å². The van der Waals surface area contributed by atoms with Gasteiger partial charge in [0.1, 0.15) is 6.61 Å². The molecule has 23 heavy (non-hydrogen) atoms. The zero-order chi connectivity index (χ0) is 16.1. The van der Waals surface area contributed by atoms with Gasteiger partial charge in [0.05, 0.1) is 6.61 Å². The van der Waals surface area contributed by atoms with Crippen LogP contribution in [0.25, 0.3) is 0 Å². The molecule has 1 N–H and O–H groups in total. The predicted octanol–water partition coefficient (Wildman–Crippen LogP) is 3.91. The first-order chi connectivity index (χ1) is 11.3. The summed E-state index contributed by atoms with van der Waals surface area (Å²) in [5.41, 5.74) is 3.85. The minimum Gasteiger partial charge on any atom is -0.490 e. The van der Waals surface area contributed by atoms with Crippen molar-refractivity contribution in [3.05, 3.63) is 59.2 Å². The predicted molar refractivity (Wildman–Crippen MR) is 93.4 cm³/mol. The van der Waals surface area contributed by atoms with Gasteiger partial charge in [-0.1, -0.05) is 37.3 Å². The van der Waals surface area contributed by atoms with Crippen LogP contribution in [0.3, 0.4) is 0 Å². The Kier molecular flexibility index (Phi) is 5.19. The summed E-state index contributed by atoms with van der Waals surface area (Å²) in [6.07, 6.45) is 1.06. The van der Waals surface area contributed by atoms with Crippen LogP contribution in [-0.4, -0.2) is 19.7 Å². The van der Waals surface area contributed by atoms with Crippen LogP contribution in [-0.2, 0) is 13.0 Å². The van der Waals surface area contributed by atoms with Crippen LogP contribution in [0.15, 0.2) is 42.5 Å². The van der Waals surface area contributed by atoms with Crippen LogP contribution in [0.1, 0.15) is 36.5 Å². The summed E-state index contributed by atoms with van der Waals surface area (Å²) in [5, 5.41) is 3.31. The second-order valence-electron chi connectivity index (χ2n) is 5.95. The fraction of sp³-hybridized carbons (Fsp3) is 0.400. The molecule has 1 heterocycles. The van der Waals surface area contributed by atoms with Crippen LogP contribution in [0.4, 0.5) is 0 Å². The Balaban J connectivity index is 1.69. The maximum absolute atomic E-state index is 6.00. The number of aryl methyl sites for hydroxylation is 1. The van der Waals surface area contributed by atoms with Gasteiger partial charge in [0.15, 0.2) is 11.5 Å². The van der Waals surface area contributed by atoms with Gasteiger partial charge in [0.25, 0.3) is 0 Å². The molecule has 1 aliphatic heterocycles. The van der Waals surface area contributed by atoms with Gasteiger partial charge < -0.3 is 14.8 Å². The molecular weight excluding hydrogens is 286 g/mol. The molecule has 3 rings (SSSR count). The van der Waals surface area contributed by atoms with Crippen molar-refractivity contribution >= 4 is 0 Å². The summed E-state index contributed by atoms with van der Waals surface area (Å²) < 4.78 is 11.8. The Morgan fingerprint density at radius 2 is 1.65 bits per heavy atom.